The Bertz CT molecular complexity index is 389. The second kappa shape index (κ2) is 3.81. The Morgan fingerprint density at radius 2 is 2.47 bits per heavy atom. The number of nitrogen functional groups attached to an aromatic ring is 1. The van der Waals surface area contributed by atoms with Crippen LogP contribution in [0, 0.1) is 0 Å². The minimum absolute atomic E-state index is 0.0908. The molecular weight excluding hydrogens is 194 g/mol. The summed E-state index contributed by atoms with van der Waals surface area (Å²) in [7, 11) is 1.39. The van der Waals surface area contributed by atoms with E-state index in [0.717, 1.165) is 11.3 Å². The van der Waals surface area contributed by atoms with Crippen LogP contribution >= 0.6 is 0 Å². The standard InChI is InChI=1S/C11H13NO3/c1-14-11(13)4-7-6-15-10-5-8(12)2-3-9(7)10/h2-3,5,7H,4,6,12H2,1H3. The normalized spacial score (nSPS) is 18.1. The van der Waals surface area contributed by atoms with Crippen LogP contribution in [0.5, 0.6) is 5.75 Å². The maximum atomic E-state index is 11.1. The highest BCUT2D eigenvalue weighted by molar-refractivity contribution is 5.71. The average molecular weight is 207 g/mol. The Morgan fingerprint density at radius 1 is 1.67 bits per heavy atom. The maximum Gasteiger partial charge on any atom is 0.306 e. The molecule has 1 heterocycles. The van der Waals surface area contributed by atoms with Gasteiger partial charge >= 0.3 is 5.97 Å². The first-order valence-corrected chi connectivity index (χ1v) is 4.79. The van der Waals surface area contributed by atoms with Gasteiger partial charge in [-0.3, -0.25) is 4.79 Å². The van der Waals surface area contributed by atoms with Crippen LogP contribution in [0.2, 0.25) is 0 Å². The number of ether oxygens (including phenoxy) is 2. The van der Waals surface area contributed by atoms with Gasteiger partial charge in [-0.2, -0.15) is 0 Å². The Morgan fingerprint density at radius 3 is 3.20 bits per heavy atom. The summed E-state index contributed by atoms with van der Waals surface area (Å²) in [6, 6.07) is 5.51. The van der Waals surface area contributed by atoms with E-state index in [1.807, 2.05) is 12.1 Å². The molecule has 0 saturated heterocycles. The van der Waals surface area contributed by atoms with Crippen LogP contribution in [0.4, 0.5) is 5.69 Å². The smallest absolute Gasteiger partial charge is 0.306 e. The lowest BCUT2D eigenvalue weighted by molar-refractivity contribution is -0.141. The van der Waals surface area contributed by atoms with Crippen molar-refractivity contribution in [3.05, 3.63) is 23.8 Å². The molecule has 2 N–H and O–H groups in total. The van der Waals surface area contributed by atoms with E-state index in [1.54, 1.807) is 6.07 Å². The summed E-state index contributed by atoms with van der Waals surface area (Å²) in [5, 5.41) is 0. The van der Waals surface area contributed by atoms with Gasteiger partial charge in [-0.25, -0.2) is 0 Å². The molecule has 0 amide bonds. The van der Waals surface area contributed by atoms with Gasteiger partial charge in [0.15, 0.2) is 0 Å². The summed E-state index contributed by atoms with van der Waals surface area (Å²) in [5.74, 6) is 0.658. The van der Waals surface area contributed by atoms with Gasteiger partial charge in [0.1, 0.15) is 5.75 Å². The van der Waals surface area contributed by atoms with Crippen molar-refractivity contribution in [2.24, 2.45) is 0 Å². The van der Waals surface area contributed by atoms with Crippen LogP contribution < -0.4 is 10.5 Å². The van der Waals surface area contributed by atoms with E-state index in [2.05, 4.69) is 4.74 Å². The van der Waals surface area contributed by atoms with Gasteiger partial charge in [0, 0.05) is 23.2 Å². The molecule has 0 spiro atoms. The van der Waals surface area contributed by atoms with Crippen LogP contribution in [-0.2, 0) is 9.53 Å². The van der Waals surface area contributed by atoms with Gasteiger partial charge in [-0.1, -0.05) is 6.07 Å². The number of methoxy groups -OCH3 is 1. The summed E-state index contributed by atoms with van der Waals surface area (Å²) in [5.41, 5.74) is 7.34. The van der Waals surface area contributed by atoms with E-state index in [0.29, 0.717) is 18.7 Å². The fraction of sp³-hybridized carbons (Fsp3) is 0.364. The molecule has 0 radical (unpaired) electrons. The monoisotopic (exact) mass is 207 g/mol. The molecule has 1 atom stereocenters. The maximum absolute atomic E-state index is 11.1. The van der Waals surface area contributed by atoms with E-state index in [-0.39, 0.29) is 11.9 Å². The predicted octanol–water partition coefficient (Wildman–Crippen LogP) is 1.31. The molecule has 2 rings (SSSR count). The number of fused-ring (bicyclic) bond motifs is 1. The number of carbonyl (C=O) groups is 1. The van der Waals surface area contributed by atoms with Gasteiger partial charge in [0.2, 0.25) is 0 Å². The topological polar surface area (TPSA) is 61.5 Å². The number of benzene rings is 1. The molecule has 4 nitrogen and oxygen atoms in total. The molecule has 0 fully saturated rings. The summed E-state index contributed by atoms with van der Waals surface area (Å²) in [6.45, 7) is 0.522. The molecule has 1 aromatic rings. The van der Waals surface area contributed by atoms with Crippen LogP contribution in [0.25, 0.3) is 0 Å². The molecule has 1 unspecified atom stereocenters. The first kappa shape index (κ1) is 9.83. The highest BCUT2D eigenvalue weighted by atomic mass is 16.5. The number of anilines is 1. The van der Waals surface area contributed by atoms with Gasteiger partial charge in [0.05, 0.1) is 20.1 Å². The molecule has 15 heavy (non-hydrogen) atoms. The lowest BCUT2D eigenvalue weighted by atomic mass is 9.98. The van der Waals surface area contributed by atoms with E-state index in [1.165, 1.54) is 7.11 Å². The van der Waals surface area contributed by atoms with Crippen LogP contribution in [0.1, 0.15) is 17.9 Å². The third-order valence-corrected chi connectivity index (χ3v) is 2.56. The zero-order valence-corrected chi connectivity index (χ0v) is 8.53. The predicted molar refractivity (Wildman–Crippen MR) is 55.7 cm³/mol. The largest absolute Gasteiger partial charge is 0.493 e. The molecule has 1 aliphatic heterocycles. The average Bonchev–Trinajstić information content (AvgIpc) is 2.60. The third kappa shape index (κ3) is 1.88. The van der Waals surface area contributed by atoms with Crippen molar-refractivity contribution in [2.75, 3.05) is 19.5 Å². The molecule has 0 aromatic heterocycles. The van der Waals surface area contributed by atoms with Crippen LogP contribution in [0.15, 0.2) is 18.2 Å². The third-order valence-electron chi connectivity index (χ3n) is 2.56. The molecule has 0 saturated carbocycles. The second-order valence-electron chi connectivity index (χ2n) is 3.59. The Kier molecular flexibility index (Phi) is 2.49. The van der Waals surface area contributed by atoms with Crippen molar-refractivity contribution < 1.29 is 14.3 Å². The summed E-state index contributed by atoms with van der Waals surface area (Å²) >= 11 is 0. The number of hydrogen-bond acceptors (Lipinski definition) is 4. The van der Waals surface area contributed by atoms with Crippen LogP contribution in [-0.4, -0.2) is 19.7 Å². The highest BCUT2D eigenvalue weighted by Gasteiger charge is 2.26. The fourth-order valence-electron chi connectivity index (χ4n) is 1.75. The summed E-state index contributed by atoms with van der Waals surface area (Å²) in [6.07, 6.45) is 0.355. The number of hydrogen-bond donors (Lipinski definition) is 1. The van der Waals surface area contributed by atoms with E-state index in [9.17, 15) is 4.79 Å². The number of nitrogens with two attached hydrogens (primary N) is 1. The summed E-state index contributed by atoms with van der Waals surface area (Å²) < 4.78 is 10.1. The van der Waals surface area contributed by atoms with Crippen molar-refractivity contribution in [2.45, 2.75) is 12.3 Å². The first-order valence-electron chi connectivity index (χ1n) is 4.79. The Labute approximate surface area is 88.0 Å². The van der Waals surface area contributed by atoms with E-state index >= 15 is 0 Å². The van der Waals surface area contributed by atoms with Crippen molar-refractivity contribution in [1.29, 1.82) is 0 Å². The number of esters is 1. The lowest BCUT2D eigenvalue weighted by Gasteiger charge is -2.06. The van der Waals surface area contributed by atoms with Gasteiger partial charge in [0.25, 0.3) is 0 Å². The molecule has 80 valence electrons. The molecule has 4 heteroatoms. The van der Waals surface area contributed by atoms with Gasteiger partial charge < -0.3 is 15.2 Å². The molecule has 0 aliphatic carbocycles. The van der Waals surface area contributed by atoms with Crippen molar-refractivity contribution in [3.63, 3.8) is 0 Å². The minimum Gasteiger partial charge on any atom is -0.493 e. The minimum atomic E-state index is -0.215. The summed E-state index contributed by atoms with van der Waals surface area (Å²) in [4.78, 5) is 11.1. The van der Waals surface area contributed by atoms with Gasteiger partial charge in [-0.05, 0) is 6.07 Å². The van der Waals surface area contributed by atoms with Crippen molar-refractivity contribution >= 4 is 11.7 Å². The SMILES string of the molecule is COC(=O)CC1COc2cc(N)ccc21. The van der Waals surface area contributed by atoms with Crippen LogP contribution in [0.3, 0.4) is 0 Å². The van der Waals surface area contributed by atoms with E-state index in [4.69, 9.17) is 10.5 Å². The molecule has 1 aliphatic rings. The molecular formula is C11H13NO3. The first-order chi connectivity index (χ1) is 7.20. The second-order valence-corrected chi connectivity index (χ2v) is 3.59. The lowest BCUT2D eigenvalue weighted by Crippen LogP contribution is -2.09. The van der Waals surface area contributed by atoms with Crippen molar-refractivity contribution in [1.82, 2.24) is 0 Å². The van der Waals surface area contributed by atoms with Crippen molar-refractivity contribution in [3.8, 4) is 5.75 Å². The Balaban J connectivity index is 2.18. The molecule has 1 aromatic carbocycles. The zero-order chi connectivity index (χ0) is 10.8. The highest BCUT2D eigenvalue weighted by Crippen LogP contribution is 2.37. The van der Waals surface area contributed by atoms with E-state index < -0.39 is 0 Å². The molecule has 0 bridgehead atoms. The Hall–Kier alpha value is -1.71. The quantitative estimate of drug-likeness (QED) is 0.586. The fourth-order valence-corrected chi connectivity index (χ4v) is 1.75. The van der Waals surface area contributed by atoms with Gasteiger partial charge in [-0.15, -0.1) is 0 Å². The number of rotatable bonds is 2. The number of carbonyl (C=O) groups excluding carboxylic acids is 1. The zero-order valence-electron chi connectivity index (χ0n) is 8.53.